The van der Waals surface area contributed by atoms with Gasteiger partial charge in [-0.05, 0) is 18.2 Å². The highest BCUT2D eigenvalue weighted by Gasteiger charge is 2.38. The van der Waals surface area contributed by atoms with E-state index in [1.165, 1.54) is 16.9 Å². The fourth-order valence-corrected chi connectivity index (χ4v) is 4.23. The van der Waals surface area contributed by atoms with E-state index in [1.807, 2.05) is 0 Å². The number of carbonyl (C=O) groups excluding carboxylic acids is 1. The zero-order valence-electron chi connectivity index (χ0n) is 17.6. The molecule has 2 aliphatic rings. The molecule has 2 aromatic heterocycles. The Labute approximate surface area is 186 Å². The standard InChI is InChI=1S/C22H20F3N5O3/c1-29-17(2-5-27-29)20-14(24)7-13(8-15(20)25)28-22(31)18-6-12(23)9-30(18)10-16-21-19(3-4-26-16)32-11-33-21/h2-5,7-8,12,18H,6,9-11H2,1H3,(H,28,31)/t12-,18+/m0/s1. The Morgan fingerprint density at radius 2 is 2.00 bits per heavy atom. The number of rotatable bonds is 5. The van der Waals surface area contributed by atoms with E-state index in [9.17, 15) is 18.0 Å². The summed E-state index contributed by atoms with van der Waals surface area (Å²) in [5.41, 5.74) is 0.484. The van der Waals surface area contributed by atoms with E-state index >= 15 is 0 Å². The highest BCUT2D eigenvalue weighted by molar-refractivity contribution is 5.95. The van der Waals surface area contributed by atoms with Crippen molar-refractivity contribution in [3.05, 3.63) is 54.0 Å². The Hall–Kier alpha value is -3.60. The number of nitrogens with one attached hydrogen (secondary N) is 1. The minimum Gasteiger partial charge on any atom is -0.453 e. The molecule has 11 heteroatoms. The van der Waals surface area contributed by atoms with Crippen LogP contribution in [0.5, 0.6) is 11.5 Å². The average molecular weight is 459 g/mol. The smallest absolute Gasteiger partial charge is 0.241 e. The van der Waals surface area contributed by atoms with Crippen LogP contribution in [0.2, 0.25) is 0 Å². The van der Waals surface area contributed by atoms with Gasteiger partial charge in [0.25, 0.3) is 0 Å². The summed E-state index contributed by atoms with van der Waals surface area (Å²) < 4.78 is 55.8. The maximum atomic E-state index is 14.7. The summed E-state index contributed by atoms with van der Waals surface area (Å²) in [6.45, 7) is 0.245. The van der Waals surface area contributed by atoms with Crippen LogP contribution in [0.25, 0.3) is 11.3 Å². The normalized spacial score (nSPS) is 19.8. The van der Waals surface area contributed by atoms with Crippen molar-refractivity contribution in [2.45, 2.75) is 25.2 Å². The van der Waals surface area contributed by atoms with E-state index in [1.54, 1.807) is 24.2 Å². The predicted molar refractivity (Wildman–Crippen MR) is 111 cm³/mol. The van der Waals surface area contributed by atoms with E-state index in [2.05, 4.69) is 15.4 Å². The molecule has 0 unspecified atom stereocenters. The van der Waals surface area contributed by atoms with E-state index in [4.69, 9.17) is 9.47 Å². The van der Waals surface area contributed by atoms with Crippen LogP contribution in [0.4, 0.5) is 18.9 Å². The molecule has 8 nitrogen and oxygen atoms in total. The molecule has 0 aliphatic carbocycles. The number of nitrogens with zero attached hydrogens (tertiary/aromatic N) is 4. The summed E-state index contributed by atoms with van der Waals surface area (Å²) >= 11 is 0. The second kappa shape index (κ2) is 8.39. The first-order valence-electron chi connectivity index (χ1n) is 10.3. The highest BCUT2D eigenvalue weighted by atomic mass is 19.1. The lowest BCUT2D eigenvalue weighted by molar-refractivity contribution is -0.120. The number of halogens is 3. The molecule has 0 spiro atoms. The van der Waals surface area contributed by atoms with Crippen LogP contribution in [0.3, 0.4) is 0 Å². The number of carbonyl (C=O) groups is 1. The number of hydrogen-bond acceptors (Lipinski definition) is 6. The van der Waals surface area contributed by atoms with Crippen LogP contribution in [0.15, 0.2) is 36.7 Å². The minimum atomic E-state index is -1.23. The number of amides is 1. The van der Waals surface area contributed by atoms with Crippen molar-refractivity contribution < 1.29 is 27.4 Å². The van der Waals surface area contributed by atoms with Gasteiger partial charge in [0.2, 0.25) is 12.7 Å². The lowest BCUT2D eigenvalue weighted by Gasteiger charge is -2.23. The topological polar surface area (TPSA) is 81.5 Å². The molecule has 0 saturated carbocycles. The Kier molecular flexibility index (Phi) is 5.41. The molecule has 1 saturated heterocycles. The number of aryl methyl sites for hydroxylation is 1. The first-order chi connectivity index (χ1) is 15.9. The molecule has 0 radical (unpaired) electrons. The molecule has 3 aromatic rings. The number of alkyl halides is 1. The van der Waals surface area contributed by atoms with E-state index in [0.717, 1.165) is 12.1 Å². The minimum absolute atomic E-state index is 0.0203. The van der Waals surface area contributed by atoms with Gasteiger partial charge >= 0.3 is 0 Å². The monoisotopic (exact) mass is 459 g/mol. The molecule has 1 amide bonds. The molecule has 172 valence electrons. The van der Waals surface area contributed by atoms with Crippen molar-refractivity contribution in [3.8, 4) is 22.8 Å². The van der Waals surface area contributed by atoms with Crippen LogP contribution in [-0.2, 0) is 18.4 Å². The van der Waals surface area contributed by atoms with Crippen LogP contribution in [0.1, 0.15) is 12.1 Å². The molecule has 33 heavy (non-hydrogen) atoms. The van der Waals surface area contributed by atoms with Gasteiger partial charge in [-0.15, -0.1) is 0 Å². The largest absolute Gasteiger partial charge is 0.453 e. The van der Waals surface area contributed by atoms with Crippen LogP contribution in [0, 0.1) is 11.6 Å². The Balaban J connectivity index is 1.35. The van der Waals surface area contributed by atoms with Crippen molar-refractivity contribution >= 4 is 11.6 Å². The Morgan fingerprint density at radius 3 is 2.73 bits per heavy atom. The summed E-state index contributed by atoms with van der Waals surface area (Å²) in [5.74, 6) is -1.25. The molecule has 1 N–H and O–H groups in total. The molecular weight excluding hydrogens is 439 g/mol. The molecule has 2 aliphatic heterocycles. The van der Waals surface area contributed by atoms with Gasteiger partial charge in [0, 0.05) is 50.7 Å². The van der Waals surface area contributed by atoms with Gasteiger partial charge < -0.3 is 14.8 Å². The molecule has 1 fully saturated rings. The van der Waals surface area contributed by atoms with Crippen molar-refractivity contribution in [2.75, 3.05) is 18.7 Å². The lowest BCUT2D eigenvalue weighted by Crippen LogP contribution is -2.39. The molecule has 2 atom stereocenters. The maximum Gasteiger partial charge on any atom is 0.241 e. The van der Waals surface area contributed by atoms with Crippen molar-refractivity contribution in [1.82, 2.24) is 19.7 Å². The zero-order valence-corrected chi connectivity index (χ0v) is 17.6. The van der Waals surface area contributed by atoms with Crippen LogP contribution in [-0.4, -0.2) is 51.1 Å². The fourth-order valence-electron chi connectivity index (χ4n) is 4.23. The third kappa shape index (κ3) is 3.99. The van der Waals surface area contributed by atoms with Crippen molar-refractivity contribution in [1.29, 1.82) is 0 Å². The SMILES string of the molecule is Cn1nccc1-c1c(F)cc(NC(=O)[C@H]2C[C@H](F)CN2Cc2nccc3c2OCO3)cc1F. The van der Waals surface area contributed by atoms with E-state index in [-0.39, 0.29) is 43.2 Å². The third-order valence-corrected chi connectivity index (χ3v) is 5.75. The summed E-state index contributed by atoms with van der Waals surface area (Å²) in [7, 11) is 1.57. The van der Waals surface area contributed by atoms with Crippen molar-refractivity contribution in [3.63, 3.8) is 0 Å². The number of anilines is 1. The van der Waals surface area contributed by atoms with Crippen molar-refractivity contribution in [2.24, 2.45) is 7.05 Å². The second-order valence-electron chi connectivity index (χ2n) is 7.91. The number of fused-ring (bicyclic) bond motifs is 1. The summed E-state index contributed by atoms with van der Waals surface area (Å²) in [4.78, 5) is 18.8. The summed E-state index contributed by atoms with van der Waals surface area (Å²) in [6, 6.07) is 4.37. The molecule has 0 bridgehead atoms. The number of hydrogen-bond donors (Lipinski definition) is 1. The zero-order chi connectivity index (χ0) is 23.1. The molecule has 4 heterocycles. The van der Waals surface area contributed by atoms with Crippen LogP contribution >= 0.6 is 0 Å². The predicted octanol–water partition coefficient (Wildman–Crippen LogP) is 3.04. The number of ether oxygens (including phenoxy) is 2. The van der Waals surface area contributed by atoms with Crippen LogP contribution < -0.4 is 14.8 Å². The number of benzene rings is 1. The lowest BCUT2D eigenvalue weighted by atomic mass is 10.1. The highest BCUT2D eigenvalue weighted by Crippen LogP contribution is 2.36. The summed E-state index contributed by atoms with van der Waals surface area (Å²) in [5, 5.41) is 6.44. The van der Waals surface area contributed by atoms with Gasteiger partial charge in [0.05, 0.1) is 17.3 Å². The van der Waals surface area contributed by atoms with Gasteiger partial charge in [0.1, 0.15) is 23.5 Å². The number of likely N-dealkylation sites (tertiary alicyclic amines) is 1. The Bertz CT molecular complexity index is 1190. The second-order valence-corrected chi connectivity index (χ2v) is 7.91. The van der Waals surface area contributed by atoms with Gasteiger partial charge in [0.15, 0.2) is 11.5 Å². The first-order valence-corrected chi connectivity index (χ1v) is 10.3. The average Bonchev–Trinajstić information content (AvgIpc) is 3.48. The van der Waals surface area contributed by atoms with Gasteiger partial charge in [-0.3, -0.25) is 19.4 Å². The third-order valence-electron chi connectivity index (χ3n) is 5.75. The van der Waals surface area contributed by atoms with Gasteiger partial charge in [-0.2, -0.15) is 5.10 Å². The number of pyridine rings is 1. The van der Waals surface area contributed by atoms with Gasteiger partial charge in [-0.1, -0.05) is 0 Å². The molecular formula is C22H20F3N5O3. The quantitative estimate of drug-likeness (QED) is 0.632. The molecule has 1 aromatic carbocycles. The fraction of sp³-hybridized carbons (Fsp3) is 0.318. The Morgan fingerprint density at radius 1 is 1.21 bits per heavy atom. The maximum absolute atomic E-state index is 14.7. The number of aromatic nitrogens is 3. The van der Waals surface area contributed by atoms with E-state index < -0.39 is 29.8 Å². The summed E-state index contributed by atoms with van der Waals surface area (Å²) in [6.07, 6.45) is 1.71. The van der Waals surface area contributed by atoms with Gasteiger partial charge in [-0.25, -0.2) is 13.2 Å². The molecule has 5 rings (SSSR count). The van der Waals surface area contributed by atoms with E-state index in [0.29, 0.717) is 17.2 Å². The first kappa shape index (κ1) is 21.3.